The minimum atomic E-state index is -0.854. The molecule has 0 spiro atoms. The van der Waals surface area contributed by atoms with Crippen molar-refractivity contribution in [1.82, 2.24) is 0 Å². The fourth-order valence-electron chi connectivity index (χ4n) is 0.258. The van der Waals surface area contributed by atoms with E-state index >= 15 is 0 Å². The molecule has 0 heterocycles. The summed E-state index contributed by atoms with van der Waals surface area (Å²) in [7, 11) is 0. The number of carbonyl (C=O) groups excluding carboxylic acids is 2. The van der Waals surface area contributed by atoms with Gasteiger partial charge in [0.25, 0.3) is 0 Å². The van der Waals surface area contributed by atoms with Crippen LogP contribution in [0.2, 0.25) is 0 Å². The lowest BCUT2D eigenvalue weighted by Gasteiger charge is -1.94. The van der Waals surface area contributed by atoms with E-state index in [2.05, 4.69) is 5.73 Å². The van der Waals surface area contributed by atoms with Gasteiger partial charge in [-0.15, -0.1) is 0 Å². The highest BCUT2D eigenvalue weighted by Crippen LogP contribution is 1.78. The lowest BCUT2D eigenvalue weighted by atomic mass is 10.2. The van der Waals surface area contributed by atoms with Gasteiger partial charge in [0.2, 0.25) is 12.2 Å². The SMILES string of the molecule is NC(=O)CC(N)[C]=O. The first kappa shape index (κ1) is 7.10. The van der Waals surface area contributed by atoms with Crippen LogP contribution in [0.15, 0.2) is 0 Å². The van der Waals surface area contributed by atoms with Gasteiger partial charge >= 0.3 is 0 Å². The molecular weight excluding hydrogens is 108 g/mol. The first-order valence-electron chi connectivity index (χ1n) is 2.08. The second kappa shape index (κ2) is 3.15. The van der Waals surface area contributed by atoms with Gasteiger partial charge in [-0.25, -0.2) is 0 Å². The zero-order valence-corrected chi connectivity index (χ0v) is 4.26. The van der Waals surface area contributed by atoms with E-state index < -0.39 is 11.9 Å². The summed E-state index contributed by atoms with van der Waals surface area (Å²) in [6.45, 7) is 0. The van der Waals surface area contributed by atoms with Crippen LogP contribution in [-0.4, -0.2) is 18.2 Å². The van der Waals surface area contributed by atoms with Crippen LogP contribution >= 0.6 is 0 Å². The number of nitrogens with two attached hydrogens (primary N) is 2. The maximum absolute atomic E-state index is 9.93. The zero-order valence-electron chi connectivity index (χ0n) is 4.26. The molecule has 45 valence electrons. The molecule has 4 nitrogen and oxygen atoms in total. The smallest absolute Gasteiger partial charge is 0.219 e. The molecule has 1 amide bonds. The summed E-state index contributed by atoms with van der Waals surface area (Å²) in [6.07, 6.45) is 1.30. The highest BCUT2D eigenvalue weighted by atomic mass is 16.1. The third-order valence-corrected chi connectivity index (χ3v) is 0.572. The molecule has 4 N–H and O–H groups in total. The summed E-state index contributed by atoms with van der Waals surface area (Å²) in [5, 5.41) is 0. The fourth-order valence-corrected chi connectivity index (χ4v) is 0.258. The van der Waals surface area contributed by atoms with Crippen molar-refractivity contribution in [3.63, 3.8) is 0 Å². The van der Waals surface area contributed by atoms with Crippen molar-refractivity contribution in [1.29, 1.82) is 0 Å². The van der Waals surface area contributed by atoms with Crippen LogP contribution in [-0.2, 0) is 9.59 Å². The first-order valence-corrected chi connectivity index (χ1v) is 2.08. The molecule has 8 heavy (non-hydrogen) atoms. The van der Waals surface area contributed by atoms with Crippen molar-refractivity contribution in [2.24, 2.45) is 11.5 Å². The van der Waals surface area contributed by atoms with Gasteiger partial charge in [-0.1, -0.05) is 0 Å². The topological polar surface area (TPSA) is 86.2 Å². The van der Waals surface area contributed by atoms with Gasteiger partial charge in [-0.3, -0.25) is 9.59 Å². The zero-order chi connectivity index (χ0) is 6.57. The lowest BCUT2D eigenvalue weighted by Crippen LogP contribution is -2.28. The number of amides is 1. The minimum absolute atomic E-state index is 0.122. The lowest BCUT2D eigenvalue weighted by molar-refractivity contribution is -0.118. The number of rotatable bonds is 3. The van der Waals surface area contributed by atoms with E-state index in [0.29, 0.717) is 0 Å². The Hall–Kier alpha value is -0.900. The molecule has 0 saturated heterocycles. The largest absolute Gasteiger partial charge is 0.370 e. The fraction of sp³-hybridized carbons (Fsp3) is 0.500. The Balaban J connectivity index is 3.38. The Morgan fingerprint density at radius 2 is 2.25 bits per heavy atom. The van der Waals surface area contributed by atoms with Crippen molar-refractivity contribution in [2.45, 2.75) is 12.5 Å². The first-order chi connectivity index (χ1) is 3.66. The molecule has 0 aliphatic rings. The molecule has 0 aliphatic heterocycles. The normalized spacial score (nSPS) is 12.6. The van der Waals surface area contributed by atoms with Crippen LogP contribution in [0.25, 0.3) is 0 Å². The van der Waals surface area contributed by atoms with E-state index in [4.69, 9.17) is 5.73 Å². The average Bonchev–Trinajstić information content (AvgIpc) is 1.65. The van der Waals surface area contributed by atoms with E-state index in [1.165, 1.54) is 6.29 Å². The number of hydrogen-bond donors (Lipinski definition) is 2. The standard InChI is InChI=1S/C4H7N2O2/c5-3(2-7)1-4(6)8/h3H,1,5H2,(H2,6,8). The van der Waals surface area contributed by atoms with Gasteiger partial charge in [-0.2, -0.15) is 0 Å². The van der Waals surface area contributed by atoms with Crippen molar-refractivity contribution in [3.05, 3.63) is 0 Å². The van der Waals surface area contributed by atoms with Gasteiger partial charge in [-0.05, 0) is 0 Å². The van der Waals surface area contributed by atoms with Crippen LogP contribution in [0.5, 0.6) is 0 Å². The Bertz CT molecular complexity index is 102. The van der Waals surface area contributed by atoms with Crippen molar-refractivity contribution in [3.8, 4) is 0 Å². The average molecular weight is 115 g/mol. The number of carbonyl (C=O) groups is 1. The summed E-state index contributed by atoms with van der Waals surface area (Å²) in [5.41, 5.74) is 9.62. The molecule has 0 aliphatic carbocycles. The van der Waals surface area contributed by atoms with Crippen molar-refractivity contribution < 1.29 is 9.59 Å². The molecule has 1 atom stereocenters. The highest BCUT2D eigenvalue weighted by Gasteiger charge is 2.03. The molecule has 0 fully saturated rings. The summed E-state index contributed by atoms with van der Waals surface area (Å²) in [5.74, 6) is -0.583. The Labute approximate surface area is 46.8 Å². The molecule has 0 rings (SSSR count). The second-order valence-corrected chi connectivity index (χ2v) is 1.39. The quantitative estimate of drug-likeness (QED) is 0.459. The van der Waals surface area contributed by atoms with Crippen LogP contribution in [0.3, 0.4) is 0 Å². The van der Waals surface area contributed by atoms with E-state index in [0.717, 1.165) is 0 Å². The Kier molecular flexibility index (Phi) is 2.79. The number of hydrogen-bond acceptors (Lipinski definition) is 3. The van der Waals surface area contributed by atoms with E-state index in [1.807, 2.05) is 0 Å². The molecule has 4 heteroatoms. The number of primary amides is 1. The van der Waals surface area contributed by atoms with Gasteiger partial charge in [0.1, 0.15) is 0 Å². The highest BCUT2D eigenvalue weighted by molar-refractivity contribution is 5.78. The van der Waals surface area contributed by atoms with E-state index in [-0.39, 0.29) is 6.42 Å². The van der Waals surface area contributed by atoms with Gasteiger partial charge in [0.15, 0.2) is 0 Å². The molecule has 1 unspecified atom stereocenters. The third kappa shape index (κ3) is 3.30. The van der Waals surface area contributed by atoms with Crippen LogP contribution < -0.4 is 11.5 Å². The summed E-state index contributed by atoms with van der Waals surface area (Å²) >= 11 is 0. The molecule has 0 saturated carbocycles. The third-order valence-electron chi connectivity index (χ3n) is 0.572. The predicted molar refractivity (Wildman–Crippen MR) is 27.5 cm³/mol. The minimum Gasteiger partial charge on any atom is -0.370 e. The summed E-state index contributed by atoms with van der Waals surface area (Å²) < 4.78 is 0. The van der Waals surface area contributed by atoms with Gasteiger partial charge in [0.05, 0.1) is 6.04 Å². The molecule has 0 aromatic heterocycles. The van der Waals surface area contributed by atoms with Crippen LogP contribution in [0, 0.1) is 0 Å². The molecular formula is C4H7N2O2. The second-order valence-electron chi connectivity index (χ2n) is 1.39. The van der Waals surface area contributed by atoms with Gasteiger partial charge < -0.3 is 11.5 Å². The molecule has 0 bridgehead atoms. The molecule has 1 radical (unpaired) electrons. The van der Waals surface area contributed by atoms with Crippen molar-refractivity contribution >= 4 is 12.2 Å². The molecule has 0 aromatic carbocycles. The van der Waals surface area contributed by atoms with Crippen molar-refractivity contribution in [2.75, 3.05) is 0 Å². The summed E-state index contributed by atoms with van der Waals surface area (Å²) in [4.78, 5) is 19.5. The van der Waals surface area contributed by atoms with E-state index in [1.54, 1.807) is 0 Å². The van der Waals surface area contributed by atoms with E-state index in [9.17, 15) is 9.59 Å². The Morgan fingerprint density at radius 3 is 2.38 bits per heavy atom. The van der Waals surface area contributed by atoms with Crippen LogP contribution in [0.4, 0.5) is 0 Å². The van der Waals surface area contributed by atoms with Gasteiger partial charge in [0, 0.05) is 6.42 Å². The maximum atomic E-state index is 9.93. The predicted octanol–water partition coefficient (Wildman–Crippen LogP) is -1.70. The monoisotopic (exact) mass is 115 g/mol. The van der Waals surface area contributed by atoms with Crippen LogP contribution in [0.1, 0.15) is 6.42 Å². The maximum Gasteiger partial charge on any atom is 0.219 e. The Morgan fingerprint density at radius 1 is 1.75 bits per heavy atom. The summed E-state index contributed by atoms with van der Waals surface area (Å²) in [6, 6.07) is -0.854. The molecule has 0 aromatic rings.